The monoisotopic (exact) mass is 160 g/mol. The standard InChI is InChI=1S/C7H16N2O2/c1-6(2,9-11)7(3,10)4-5-8/h10H,4-5,8H2,1-3H3/t7-/m1/s1. The number of nitrogens with two attached hydrogens (primary N) is 1. The largest absolute Gasteiger partial charge is 0.387 e. The molecule has 0 rings (SSSR count). The Morgan fingerprint density at radius 3 is 2.18 bits per heavy atom. The highest BCUT2D eigenvalue weighted by molar-refractivity contribution is 4.96. The van der Waals surface area contributed by atoms with Crippen LogP contribution in [0.1, 0.15) is 27.2 Å². The first-order valence-corrected chi connectivity index (χ1v) is 3.64. The lowest BCUT2D eigenvalue weighted by molar-refractivity contribution is -0.00869. The fourth-order valence-corrected chi connectivity index (χ4v) is 0.685. The summed E-state index contributed by atoms with van der Waals surface area (Å²) in [7, 11) is 0. The van der Waals surface area contributed by atoms with Crippen LogP contribution in [0.15, 0.2) is 5.18 Å². The Morgan fingerprint density at radius 1 is 1.45 bits per heavy atom. The van der Waals surface area contributed by atoms with E-state index in [1.54, 1.807) is 20.8 Å². The Hall–Kier alpha value is -0.480. The molecule has 0 saturated carbocycles. The maximum atomic E-state index is 10.3. The summed E-state index contributed by atoms with van der Waals surface area (Å²) in [5, 5.41) is 12.5. The van der Waals surface area contributed by atoms with Gasteiger partial charge in [0.05, 0.1) is 5.60 Å². The van der Waals surface area contributed by atoms with E-state index in [1.807, 2.05) is 0 Å². The van der Waals surface area contributed by atoms with Gasteiger partial charge in [0, 0.05) is 0 Å². The van der Waals surface area contributed by atoms with Gasteiger partial charge in [-0.1, -0.05) is 5.18 Å². The van der Waals surface area contributed by atoms with Crippen LogP contribution in [-0.2, 0) is 0 Å². The molecule has 0 aliphatic carbocycles. The lowest BCUT2D eigenvalue weighted by atomic mass is 9.82. The van der Waals surface area contributed by atoms with Crippen molar-refractivity contribution in [3.8, 4) is 0 Å². The van der Waals surface area contributed by atoms with Crippen molar-refractivity contribution in [3.63, 3.8) is 0 Å². The molecule has 0 radical (unpaired) electrons. The van der Waals surface area contributed by atoms with Gasteiger partial charge in [-0.25, -0.2) is 0 Å². The van der Waals surface area contributed by atoms with Crippen molar-refractivity contribution in [1.29, 1.82) is 0 Å². The number of hydrogen-bond acceptors (Lipinski definition) is 4. The molecule has 0 aromatic rings. The molecular formula is C7H16N2O2. The van der Waals surface area contributed by atoms with Gasteiger partial charge in [0.1, 0.15) is 5.54 Å². The molecule has 0 aromatic carbocycles. The van der Waals surface area contributed by atoms with Gasteiger partial charge in [-0.15, -0.1) is 0 Å². The van der Waals surface area contributed by atoms with Crippen LogP contribution in [0.2, 0.25) is 0 Å². The predicted molar refractivity (Wildman–Crippen MR) is 44.2 cm³/mol. The molecule has 0 amide bonds. The van der Waals surface area contributed by atoms with Gasteiger partial charge in [-0.05, 0) is 33.7 Å². The molecule has 66 valence electrons. The molecule has 0 saturated heterocycles. The summed E-state index contributed by atoms with van der Waals surface area (Å²) in [5.41, 5.74) is 3.19. The quantitative estimate of drug-likeness (QED) is 0.592. The fraction of sp³-hybridized carbons (Fsp3) is 1.00. The zero-order valence-electron chi connectivity index (χ0n) is 7.29. The fourth-order valence-electron chi connectivity index (χ4n) is 0.685. The van der Waals surface area contributed by atoms with Crippen LogP contribution < -0.4 is 5.73 Å². The van der Waals surface area contributed by atoms with Crippen molar-refractivity contribution in [2.75, 3.05) is 6.54 Å². The molecule has 0 bridgehead atoms. The Morgan fingerprint density at radius 2 is 1.91 bits per heavy atom. The highest BCUT2D eigenvalue weighted by Crippen LogP contribution is 2.27. The van der Waals surface area contributed by atoms with E-state index in [0.29, 0.717) is 13.0 Å². The topological polar surface area (TPSA) is 75.7 Å². The van der Waals surface area contributed by atoms with Crippen LogP contribution in [0, 0.1) is 4.91 Å². The molecule has 0 spiro atoms. The van der Waals surface area contributed by atoms with E-state index in [2.05, 4.69) is 5.18 Å². The number of aliphatic hydroxyl groups is 1. The van der Waals surface area contributed by atoms with Crippen molar-refractivity contribution in [3.05, 3.63) is 4.91 Å². The predicted octanol–water partition coefficient (Wildman–Crippen LogP) is 0.631. The minimum Gasteiger partial charge on any atom is -0.387 e. The van der Waals surface area contributed by atoms with Gasteiger partial charge in [0.25, 0.3) is 0 Å². The van der Waals surface area contributed by atoms with Crippen LogP contribution in [0.5, 0.6) is 0 Å². The molecule has 0 unspecified atom stereocenters. The number of hydrogen-bond donors (Lipinski definition) is 2. The van der Waals surface area contributed by atoms with E-state index in [-0.39, 0.29) is 0 Å². The number of nitrogens with zero attached hydrogens (tertiary/aromatic N) is 1. The number of nitroso groups, excluding NO2 is 1. The second kappa shape index (κ2) is 3.28. The molecule has 3 N–H and O–H groups in total. The molecule has 0 aliphatic rings. The lowest BCUT2D eigenvalue weighted by Gasteiger charge is -2.33. The third kappa shape index (κ3) is 2.24. The average Bonchev–Trinajstić information content (AvgIpc) is 1.87. The molecule has 0 fully saturated rings. The smallest absolute Gasteiger partial charge is 0.125 e. The minimum absolute atomic E-state index is 0.353. The van der Waals surface area contributed by atoms with Crippen LogP contribution >= 0.6 is 0 Å². The first-order chi connectivity index (χ1) is 4.87. The molecule has 4 heteroatoms. The Kier molecular flexibility index (Phi) is 3.13. The minimum atomic E-state index is -1.11. The van der Waals surface area contributed by atoms with Gasteiger partial charge >= 0.3 is 0 Å². The van der Waals surface area contributed by atoms with E-state index >= 15 is 0 Å². The molecule has 0 aromatic heterocycles. The maximum Gasteiger partial charge on any atom is 0.125 e. The molecule has 11 heavy (non-hydrogen) atoms. The molecule has 0 heterocycles. The zero-order chi connectivity index (χ0) is 9.12. The second-order valence-corrected chi connectivity index (χ2v) is 3.46. The van der Waals surface area contributed by atoms with Crippen molar-refractivity contribution < 1.29 is 5.11 Å². The summed E-state index contributed by atoms with van der Waals surface area (Å²) in [6, 6.07) is 0. The maximum absolute atomic E-state index is 10.3. The van der Waals surface area contributed by atoms with Gasteiger partial charge in [-0.3, -0.25) is 0 Å². The Balaban J connectivity index is 4.38. The highest BCUT2D eigenvalue weighted by atomic mass is 16.3. The summed E-state index contributed by atoms with van der Waals surface area (Å²) in [6.45, 7) is 5.11. The van der Waals surface area contributed by atoms with Crippen molar-refractivity contribution in [1.82, 2.24) is 0 Å². The van der Waals surface area contributed by atoms with E-state index in [1.165, 1.54) is 0 Å². The summed E-state index contributed by atoms with van der Waals surface area (Å²) in [5.74, 6) is 0. The number of rotatable bonds is 4. The third-order valence-electron chi connectivity index (χ3n) is 2.18. The summed E-state index contributed by atoms with van der Waals surface area (Å²) in [6.07, 6.45) is 0.381. The van der Waals surface area contributed by atoms with Gasteiger partial charge in [0.15, 0.2) is 0 Å². The first kappa shape index (κ1) is 10.5. The second-order valence-electron chi connectivity index (χ2n) is 3.46. The molecule has 4 nitrogen and oxygen atoms in total. The van der Waals surface area contributed by atoms with E-state index in [9.17, 15) is 10.0 Å². The normalized spacial score (nSPS) is 17.5. The van der Waals surface area contributed by atoms with E-state index in [4.69, 9.17) is 5.73 Å². The Bertz CT molecular complexity index is 143. The third-order valence-corrected chi connectivity index (χ3v) is 2.18. The van der Waals surface area contributed by atoms with Gasteiger partial charge < -0.3 is 10.8 Å². The van der Waals surface area contributed by atoms with E-state index < -0.39 is 11.1 Å². The lowest BCUT2D eigenvalue weighted by Crippen LogP contribution is -2.47. The van der Waals surface area contributed by atoms with Crippen molar-refractivity contribution >= 4 is 0 Å². The zero-order valence-corrected chi connectivity index (χ0v) is 7.29. The Labute approximate surface area is 66.8 Å². The van der Waals surface area contributed by atoms with Crippen LogP contribution in [0.4, 0.5) is 0 Å². The van der Waals surface area contributed by atoms with Crippen LogP contribution in [0.3, 0.4) is 0 Å². The summed E-state index contributed by atoms with van der Waals surface area (Å²) < 4.78 is 0. The van der Waals surface area contributed by atoms with E-state index in [0.717, 1.165) is 0 Å². The van der Waals surface area contributed by atoms with Crippen molar-refractivity contribution in [2.24, 2.45) is 10.9 Å². The molecule has 1 atom stereocenters. The van der Waals surface area contributed by atoms with Gasteiger partial charge in [0.2, 0.25) is 0 Å². The van der Waals surface area contributed by atoms with Crippen LogP contribution in [-0.4, -0.2) is 22.8 Å². The SMILES string of the molecule is CC(C)(N=O)[C@](C)(O)CCN. The summed E-state index contributed by atoms with van der Waals surface area (Å²) in [4.78, 5) is 10.3. The van der Waals surface area contributed by atoms with Crippen molar-refractivity contribution in [2.45, 2.75) is 38.3 Å². The summed E-state index contributed by atoms with van der Waals surface area (Å²) >= 11 is 0. The molecular weight excluding hydrogens is 144 g/mol. The first-order valence-electron chi connectivity index (χ1n) is 3.64. The molecule has 0 aliphatic heterocycles. The van der Waals surface area contributed by atoms with Crippen LogP contribution in [0.25, 0.3) is 0 Å². The average molecular weight is 160 g/mol. The van der Waals surface area contributed by atoms with Gasteiger partial charge in [-0.2, -0.15) is 4.91 Å². The highest BCUT2D eigenvalue weighted by Gasteiger charge is 2.40.